The minimum atomic E-state index is -0.587. The standard InChI is InChI=1S/C34H50N4O6/c1-5-9-14-24-17-12-19-27(39)29(24)33(43)37-35-31(41)23(8-4)21-22-26(16-11-7-3)32(42)36-38-34(44)30-25(15-10-6-2)18-13-20-28(30)40/h12-13,17-20,23,26,39-40H,5-11,14-16,21-22H2,1-4H3,(H,35,41)(H,36,42)(H,37,43)(H,38,44). The molecule has 0 saturated heterocycles. The Morgan fingerprint density at radius 3 is 1.45 bits per heavy atom. The second-order valence-electron chi connectivity index (χ2n) is 11.2. The first-order chi connectivity index (χ1) is 21.2. The molecule has 2 rings (SSSR count). The zero-order valence-corrected chi connectivity index (χ0v) is 26.6. The number of aryl methyl sites for hydroxylation is 2. The molecule has 0 radical (unpaired) electrons. The van der Waals surface area contributed by atoms with Gasteiger partial charge >= 0.3 is 0 Å². The lowest BCUT2D eigenvalue weighted by Crippen LogP contribution is -2.46. The van der Waals surface area contributed by atoms with Gasteiger partial charge in [-0.2, -0.15) is 0 Å². The van der Waals surface area contributed by atoms with Gasteiger partial charge in [-0.15, -0.1) is 0 Å². The van der Waals surface area contributed by atoms with Gasteiger partial charge < -0.3 is 10.2 Å². The number of carbonyl (C=O) groups excluding carboxylic acids is 4. The first-order valence-electron chi connectivity index (χ1n) is 16.0. The van der Waals surface area contributed by atoms with Crippen LogP contribution in [0.4, 0.5) is 0 Å². The van der Waals surface area contributed by atoms with E-state index in [2.05, 4.69) is 21.7 Å². The van der Waals surface area contributed by atoms with Crippen molar-refractivity contribution in [3.63, 3.8) is 0 Å². The molecule has 10 nitrogen and oxygen atoms in total. The van der Waals surface area contributed by atoms with E-state index in [0.717, 1.165) is 38.5 Å². The first-order valence-corrected chi connectivity index (χ1v) is 16.0. The van der Waals surface area contributed by atoms with Crippen LogP contribution in [0.2, 0.25) is 0 Å². The first kappa shape index (κ1) is 36.1. The second kappa shape index (κ2) is 19.2. The van der Waals surface area contributed by atoms with Gasteiger partial charge in [-0.05, 0) is 74.6 Å². The molecule has 0 aromatic heterocycles. The van der Waals surface area contributed by atoms with Crippen LogP contribution in [-0.4, -0.2) is 33.8 Å². The van der Waals surface area contributed by atoms with Gasteiger partial charge in [-0.3, -0.25) is 40.9 Å². The van der Waals surface area contributed by atoms with Crippen LogP contribution < -0.4 is 21.7 Å². The van der Waals surface area contributed by atoms with Crippen molar-refractivity contribution in [2.24, 2.45) is 11.8 Å². The fourth-order valence-electron chi connectivity index (χ4n) is 5.19. The van der Waals surface area contributed by atoms with Crippen molar-refractivity contribution in [2.45, 2.75) is 105 Å². The van der Waals surface area contributed by atoms with Crippen molar-refractivity contribution < 1.29 is 29.4 Å². The quantitative estimate of drug-likeness (QED) is 0.128. The summed E-state index contributed by atoms with van der Waals surface area (Å²) in [5.74, 6) is -3.11. The van der Waals surface area contributed by atoms with Crippen LogP contribution in [0, 0.1) is 11.8 Å². The number of aromatic hydroxyl groups is 2. The molecule has 0 saturated carbocycles. The maximum Gasteiger partial charge on any atom is 0.273 e. The van der Waals surface area contributed by atoms with Gasteiger partial charge in [-0.1, -0.05) is 77.6 Å². The maximum atomic E-state index is 13.1. The van der Waals surface area contributed by atoms with Crippen LogP contribution in [0.3, 0.4) is 0 Å². The molecule has 4 amide bonds. The van der Waals surface area contributed by atoms with E-state index in [4.69, 9.17) is 0 Å². The summed E-state index contributed by atoms with van der Waals surface area (Å²) in [7, 11) is 0. The Balaban J connectivity index is 2.00. The Morgan fingerprint density at radius 2 is 1.02 bits per heavy atom. The smallest absolute Gasteiger partial charge is 0.273 e. The molecule has 2 unspecified atom stereocenters. The van der Waals surface area contributed by atoms with Crippen molar-refractivity contribution in [3.8, 4) is 11.5 Å². The number of benzene rings is 2. The van der Waals surface area contributed by atoms with Crippen molar-refractivity contribution >= 4 is 23.6 Å². The van der Waals surface area contributed by atoms with E-state index >= 15 is 0 Å². The molecule has 242 valence electrons. The van der Waals surface area contributed by atoms with E-state index < -0.39 is 23.7 Å². The molecule has 0 aliphatic carbocycles. The minimum Gasteiger partial charge on any atom is -0.507 e. The summed E-state index contributed by atoms with van der Waals surface area (Å²) in [6.07, 6.45) is 8.41. The lowest BCUT2D eigenvalue weighted by atomic mass is 9.90. The molecule has 0 aliphatic heterocycles. The Morgan fingerprint density at radius 1 is 0.591 bits per heavy atom. The Hall–Kier alpha value is -4.08. The Kier molecular flexibility index (Phi) is 15.8. The molecule has 44 heavy (non-hydrogen) atoms. The Bertz CT molecular complexity index is 1250. The maximum absolute atomic E-state index is 13.1. The lowest BCUT2D eigenvalue weighted by molar-refractivity contribution is -0.128. The van der Waals surface area contributed by atoms with Gasteiger partial charge in [-0.25, -0.2) is 0 Å². The summed E-state index contributed by atoms with van der Waals surface area (Å²) in [4.78, 5) is 51.9. The van der Waals surface area contributed by atoms with Gasteiger partial charge in [0.2, 0.25) is 11.8 Å². The third-order valence-electron chi connectivity index (χ3n) is 7.91. The third-order valence-corrected chi connectivity index (χ3v) is 7.91. The van der Waals surface area contributed by atoms with Crippen molar-refractivity contribution in [2.75, 3.05) is 0 Å². The summed E-state index contributed by atoms with van der Waals surface area (Å²) in [6, 6.07) is 9.86. The molecule has 0 bridgehead atoms. The molecule has 0 fully saturated rings. The number of nitrogens with one attached hydrogen (secondary N) is 4. The summed E-state index contributed by atoms with van der Waals surface area (Å²) in [5, 5.41) is 20.6. The van der Waals surface area contributed by atoms with E-state index in [-0.39, 0.29) is 34.4 Å². The van der Waals surface area contributed by atoms with Crippen LogP contribution in [0.25, 0.3) is 0 Å². The molecule has 2 atom stereocenters. The predicted molar refractivity (Wildman–Crippen MR) is 171 cm³/mol. The monoisotopic (exact) mass is 610 g/mol. The number of hydrogen-bond acceptors (Lipinski definition) is 6. The highest BCUT2D eigenvalue weighted by atomic mass is 16.3. The molecular weight excluding hydrogens is 560 g/mol. The topological polar surface area (TPSA) is 157 Å². The number of hydrogen-bond donors (Lipinski definition) is 6. The highest BCUT2D eigenvalue weighted by Crippen LogP contribution is 2.25. The summed E-state index contributed by atoms with van der Waals surface area (Å²) in [6.45, 7) is 7.97. The third kappa shape index (κ3) is 10.9. The van der Waals surface area contributed by atoms with Crippen molar-refractivity contribution in [1.82, 2.24) is 21.7 Å². The predicted octanol–water partition coefficient (Wildman–Crippen LogP) is 5.62. The zero-order valence-electron chi connectivity index (χ0n) is 26.6. The number of hydrazine groups is 2. The minimum absolute atomic E-state index is 0.142. The average molecular weight is 611 g/mol. The zero-order chi connectivity index (χ0) is 32.5. The molecule has 6 N–H and O–H groups in total. The lowest BCUT2D eigenvalue weighted by Gasteiger charge is -2.21. The molecule has 0 spiro atoms. The molecular formula is C34H50N4O6. The number of rotatable bonds is 17. The normalized spacial score (nSPS) is 12.2. The van der Waals surface area contributed by atoms with Crippen molar-refractivity contribution in [1.29, 1.82) is 0 Å². The Labute approximate surface area is 261 Å². The van der Waals surface area contributed by atoms with Crippen LogP contribution >= 0.6 is 0 Å². The fraction of sp³-hybridized carbons (Fsp3) is 0.529. The molecule has 2 aromatic carbocycles. The van der Waals surface area contributed by atoms with E-state index in [1.807, 2.05) is 27.7 Å². The molecule has 0 aliphatic rings. The summed E-state index contributed by atoms with van der Waals surface area (Å²) in [5.41, 5.74) is 11.6. The molecule has 0 heterocycles. The number of carbonyl (C=O) groups is 4. The van der Waals surface area contributed by atoms with E-state index in [0.29, 0.717) is 49.7 Å². The highest BCUT2D eigenvalue weighted by molar-refractivity contribution is 6.00. The second-order valence-corrected chi connectivity index (χ2v) is 11.2. The number of unbranched alkanes of at least 4 members (excludes halogenated alkanes) is 3. The summed E-state index contributed by atoms with van der Waals surface area (Å²) >= 11 is 0. The fourth-order valence-corrected chi connectivity index (χ4v) is 5.19. The van der Waals surface area contributed by atoms with Gasteiger partial charge in [0, 0.05) is 11.8 Å². The van der Waals surface area contributed by atoms with Crippen LogP contribution in [0.1, 0.15) is 124 Å². The van der Waals surface area contributed by atoms with Crippen LogP contribution in [0.15, 0.2) is 36.4 Å². The van der Waals surface area contributed by atoms with E-state index in [1.54, 1.807) is 24.3 Å². The van der Waals surface area contributed by atoms with Gasteiger partial charge in [0.05, 0.1) is 11.1 Å². The molecule has 2 aromatic rings. The largest absolute Gasteiger partial charge is 0.507 e. The van der Waals surface area contributed by atoms with Crippen LogP contribution in [-0.2, 0) is 22.4 Å². The molecule has 10 heteroatoms. The number of amides is 4. The average Bonchev–Trinajstić information content (AvgIpc) is 3.01. The van der Waals surface area contributed by atoms with Gasteiger partial charge in [0.25, 0.3) is 11.8 Å². The van der Waals surface area contributed by atoms with Crippen LogP contribution in [0.5, 0.6) is 11.5 Å². The van der Waals surface area contributed by atoms with Gasteiger partial charge in [0.1, 0.15) is 11.5 Å². The van der Waals surface area contributed by atoms with Crippen molar-refractivity contribution in [3.05, 3.63) is 58.7 Å². The highest BCUT2D eigenvalue weighted by Gasteiger charge is 2.25. The van der Waals surface area contributed by atoms with Gasteiger partial charge in [0.15, 0.2) is 0 Å². The van der Waals surface area contributed by atoms with E-state index in [1.165, 1.54) is 12.1 Å². The summed E-state index contributed by atoms with van der Waals surface area (Å²) < 4.78 is 0. The SMILES string of the molecule is CCCCc1cccc(O)c1C(=O)NNC(=O)C(CC)CCC(CCCC)C(=O)NNC(=O)c1c(O)cccc1CCCC. The number of phenols is 2. The number of phenolic OH excluding ortho intramolecular Hbond substituents is 2. The van der Waals surface area contributed by atoms with E-state index in [9.17, 15) is 29.4 Å².